The number of halogens is 1. The molecule has 180 valence electrons. The molecule has 5 nitrogen and oxygen atoms in total. The van der Waals surface area contributed by atoms with Gasteiger partial charge in [0.15, 0.2) is 0 Å². The van der Waals surface area contributed by atoms with Crippen LogP contribution in [0.15, 0.2) is 77.9 Å². The highest BCUT2D eigenvalue weighted by Crippen LogP contribution is 2.32. The number of nitrogens with one attached hydrogen (secondary N) is 1. The summed E-state index contributed by atoms with van der Waals surface area (Å²) < 4.78 is 15.6. The molecule has 1 atom stereocenters. The Morgan fingerprint density at radius 2 is 1.97 bits per heavy atom. The van der Waals surface area contributed by atoms with Gasteiger partial charge in [0.25, 0.3) is 5.91 Å². The first-order chi connectivity index (χ1) is 17.6. The second-order valence-corrected chi connectivity index (χ2v) is 9.50. The second kappa shape index (κ2) is 9.28. The molecule has 2 aliphatic heterocycles. The van der Waals surface area contributed by atoms with E-state index in [1.165, 1.54) is 6.07 Å². The third-order valence-electron chi connectivity index (χ3n) is 7.22. The molecular formula is C30H27FN4O. The van der Waals surface area contributed by atoms with E-state index in [-0.39, 0.29) is 17.5 Å². The van der Waals surface area contributed by atoms with Crippen LogP contribution in [0.2, 0.25) is 0 Å². The fourth-order valence-corrected chi connectivity index (χ4v) is 5.41. The van der Waals surface area contributed by atoms with Gasteiger partial charge in [-0.1, -0.05) is 48.5 Å². The number of aryl methyl sites for hydroxylation is 1. The summed E-state index contributed by atoms with van der Waals surface area (Å²) in [6.45, 7) is 4.16. The molecule has 2 aliphatic rings. The number of nitrogens with zero attached hydrogens (tertiary/aromatic N) is 3. The van der Waals surface area contributed by atoms with Crippen molar-refractivity contribution in [2.75, 3.05) is 18.0 Å². The molecule has 36 heavy (non-hydrogen) atoms. The van der Waals surface area contributed by atoms with E-state index in [9.17, 15) is 4.79 Å². The lowest BCUT2D eigenvalue weighted by Gasteiger charge is -2.35. The van der Waals surface area contributed by atoms with Gasteiger partial charge in [-0.05, 0) is 61.0 Å². The maximum atomic E-state index is 15.6. The molecule has 1 amide bonds. The summed E-state index contributed by atoms with van der Waals surface area (Å²) >= 11 is 0. The lowest BCUT2D eigenvalue weighted by atomic mass is 9.98. The summed E-state index contributed by atoms with van der Waals surface area (Å²) in [4.78, 5) is 25.0. The first kappa shape index (κ1) is 22.6. The molecule has 4 aromatic rings. The van der Waals surface area contributed by atoms with Crippen LogP contribution in [-0.4, -0.2) is 35.7 Å². The monoisotopic (exact) mass is 478 g/mol. The Morgan fingerprint density at radius 1 is 1.08 bits per heavy atom. The molecule has 3 aromatic carbocycles. The van der Waals surface area contributed by atoms with Crippen molar-refractivity contribution in [1.29, 1.82) is 0 Å². The zero-order valence-corrected chi connectivity index (χ0v) is 20.2. The first-order valence-electron chi connectivity index (χ1n) is 12.4. The van der Waals surface area contributed by atoms with Gasteiger partial charge in [0, 0.05) is 29.3 Å². The molecule has 1 fully saturated rings. The van der Waals surface area contributed by atoms with E-state index in [2.05, 4.69) is 15.3 Å². The number of benzene rings is 3. The number of pyridine rings is 1. The number of hydrogen-bond acceptors (Lipinski definition) is 4. The van der Waals surface area contributed by atoms with Crippen molar-refractivity contribution >= 4 is 28.2 Å². The molecule has 0 aliphatic carbocycles. The lowest BCUT2D eigenvalue weighted by Crippen LogP contribution is -2.49. The molecule has 0 unspecified atom stereocenters. The number of piperidine rings is 1. The van der Waals surface area contributed by atoms with Crippen LogP contribution < -0.4 is 10.2 Å². The molecule has 1 saturated heterocycles. The Balaban J connectivity index is 1.42. The minimum absolute atomic E-state index is 0.0450. The summed E-state index contributed by atoms with van der Waals surface area (Å²) in [5, 5.41) is 5.33. The third-order valence-corrected chi connectivity index (χ3v) is 7.22. The number of aliphatic imine (C=N–C) groups is 1. The van der Waals surface area contributed by atoms with Crippen LogP contribution in [0.25, 0.3) is 10.8 Å². The second-order valence-electron chi connectivity index (χ2n) is 9.50. The van der Waals surface area contributed by atoms with E-state index in [0.717, 1.165) is 52.6 Å². The van der Waals surface area contributed by atoms with E-state index in [4.69, 9.17) is 0 Å². The largest absolute Gasteiger partial charge is 0.315 e. The van der Waals surface area contributed by atoms with E-state index in [1.54, 1.807) is 23.2 Å². The normalized spacial score (nSPS) is 17.1. The van der Waals surface area contributed by atoms with Gasteiger partial charge in [-0.2, -0.15) is 0 Å². The highest BCUT2D eigenvalue weighted by Gasteiger charge is 2.32. The Kier molecular flexibility index (Phi) is 5.82. The fourth-order valence-electron chi connectivity index (χ4n) is 5.41. The average molecular weight is 479 g/mol. The van der Waals surface area contributed by atoms with Gasteiger partial charge in [-0.3, -0.25) is 14.7 Å². The first-order valence-corrected chi connectivity index (χ1v) is 12.4. The van der Waals surface area contributed by atoms with Crippen LogP contribution >= 0.6 is 0 Å². The Bertz CT molecular complexity index is 1500. The van der Waals surface area contributed by atoms with Crippen LogP contribution in [0.4, 0.5) is 10.2 Å². The molecule has 1 aromatic heterocycles. The van der Waals surface area contributed by atoms with E-state index < -0.39 is 5.82 Å². The lowest BCUT2D eigenvalue weighted by molar-refractivity contribution is 0.0968. The third kappa shape index (κ3) is 3.88. The van der Waals surface area contributed by atoms with Gasteiger partial charge >= 0.3 is 0 Å². The van der Waals surface area contributed by atoms with Crippen LogP contribution in [-0.2, 0) is 6.54 Å². The molecule has 0 saturated carbocycles. The maximum absolute atomic E-state index is 15.6. The zero-order chi connectivity index (χ0) is 24.6. The van der Waals surface area contributed by atoms with Gasteiger partial charge in [0.05, 0.1) is 23.9 Å². The standard InChI is InChI=1S/C30H27FN4O/c1-19-6-4-8-20-13-15-33-29(27(19)20)35(23-9-5-14-32-18-23)30(36)25-12-11-21(16-26(25)31)28-24-10-3-2-7-22(24)17-34-28/h2-4,6-8,10-13,15-16,23,32H,5,9,14,17-18H2,1H3/t23-/m1/s1. The predicted octanol–water partition coefficient (Wildman–Crippen LogP) is 5.43. The molecule has 6 heteroatoms. The Morgan fingerprint density at radius 3 is 2.81 bits per heavy atom. The summed E-state index contributed by atoms with van der Waals surface area (Å²) in [5.74, 6) is -0.332. The van der Waals surface area contributed by atoms with Gasteiger partial charge < -0.3 is 5.32 Å². The molecule has 3 heterocycles. The van der Waals surface area contributed by atoms with Crippen molar-refractivity contribution in [2.45, 2.75) is 32.4 Å². The van der Waals surface area contributed by atoms with E-state index in [0.29, 0.717) is 24.5 Å². The molecule has 1 N–H and O–H groups in total. The quantitative estimate of drug-likeness (QED) is 0.425. The molecule has 0 spiro atoms. The van der Waals surface area contributed by atoms with Crippen molar-refractivity contribution in [3.63, 3.8) is 0 Å². The van der Waals surface area contributed by atoms with Crippen LogP contribution in [0.3, 0.4) is 0 Å². The van der Waals surface area contributed by atoms with Gasteiger partial charge in [0.2, 0.25) is 0 Å². The fraction of sp³-hybridized carbons (Fsp3) is 0.233. The SMILES string of the molecule is Cc1cccc2ccnc(N(C(=O)c3ccc(C4=NCc5ccccc54)cc3F)[C@@H]3CCCNC3)c12. The Hall–Kier alpha value is -3.90. The van der Waals surface area contributed by atoms with Crippen molar-refractivity contribution in [2.24, 2.45) is 4.99 Å². The van der Waals surface area contributed by atoms with E-state index in [1.807, 2.05) is 55.5 Å². The summed E-state index contributed by atoms with van der Waals surface area (Å²) in [5.41, 5.74) is 4.67. The number of amides is 1. The average Bonchev–Trinajstić information content (AvgIpc) is 3.34. The van der Waals surface area contributed by atoms with Crippen LogP contribution in [0.5, 0.6) is 0 Å². The number of carbonyl (C=O) groups is 1. The van der Waals surface area contributed by atoms with Crippen LogP contribution in [0.1, 0.15) is 45.5 Å². The minimum atomic E-state index is -0.546. The minimum Gasteiger partial charge on any atom is -0.315 e. The van der Waals surface area contributed by atoms with E-state index >= 15 is 4.39 Å². The number of carbonyl (C=O) groups excluding carboxylic acids is 1. The highest BCUT2D eigenvalue weighted by molar-refractivity contribution is 6.16. The maximum Gasteiger partial charge on any atom is 0.262 e. The Labute approximate surface area is 209 Å². The summed E-state index contributed by atoms with van der Waals surface area (Å²) in [7, 11) is 0. The van der Waals surface area contributed by atoms with Gasteiger partial charge in [0.1, 0.15) is 11.6 Å². The number of anilines is 1. The van der Waals surface area contributed by atoms with Crippen molar-refractivity contribution in [1.82, 2.24) is 10.3 Å². The van der Waals surface area contributed by atoms with Crippen molar-refractivity contribution in [3.8, 4) is 0 Å². The molecular weight excluding hydrogens is 451 g/mol. The highest BCUT2D eigenvalue weighted by atomic mass is 19.1. The van der Waals surface area contributed by atoms with Gasteiger partial charge in [-0.25, -0.2) is 9.37 Å². The summed E-state index contributed by atoms with van der Waals surface area (Å²) in [6.07, 6.45) is 3.50. The number of fused-ring (bicyclic) bond motifs is 2. The summed E-state index contributed by atoms with van der Waals surface area (Å²) in [6, 6.07) is 20.7. The van der Waals surface area contributed by atoms with Crippen molar-refractivity contribution in [3.05, 3.63) is 107 Å². The smallest absolute Gasteiger partial charge is 0.262 e. The number of rotatable bonds is 4. The van der Waals surface area contributed by atoms with Crippen molar-refractivity contribution < 1.29 is 9.18 Å². The molecule has 0 bridgehead atoms. The number of hydrogen-bond donors (Lipinski definition) is 1. The molecule has 0 radical (unpaired) electrons. The van der Waals surface area contributed by atoms with Gasteiger partial charge in [-0.15, -0.1) is 0 Å². The topological polar surface area (TPSA) is 57.6 Å². The van der Waals surface area contributed by atoms with Crippen LogP contribution in [0, 0.1) is 12.7 Å². The predicted molar refractivity (Wildman–Crippen MR) is 141 cm³/mol. The number of aromatic nitrogens is 1. The zero-order valence-electron chi connectivity index (χ0n) is 20.2. The molecule has 6 rings (SSSR count).